The van der Waals surface area contributed by atoms with Gasteiger partial charge in [-0.25, -0.2) is 0 Å². The molecule has 0 bridgehead atoms. The van der Waals surface area contributed by atoms with Crippen LogP contribution >= 0.6 is 0 Å². The lowest BCUT2D eigenvalue weighted by molar-refractivity contribution is -0.137. The number of nitrogens with zero attached hydrogens (tertiary/aromatic N) is 5. The number of carbonyl (C=O) groups excluding carboxylic acids is 2. The third-order valence-corrected chi connectivity index (χ3v) is 6.29. The Kier molecular flexibility index (Phi) is 4.96. The third kappa shape index (κ3) is 3.23. The van der Waals surface area contributed by atoms with Crippen molar-refractivity contribution in [2.24, 2.45) is 5.92 Å². The zero-order valence-electron chi connectivity index (χ0n) is 15.7. The molecule has 2 fully saturated rings. The van der Waals surface area contributed by atoms with Crippen LogP contribution in [0.25, 0.3) is 0 Å². The van der Waals surface area contributed by atoms with Crippen LogP contribution < -0.4 is 0 Å². The summed E-state index contributed by atoms with van der Waals surface area (Å²) >= 11 is 0. The Morgan fingerprint density at radius 2 is 1.73 bits per heavy atom. The Bertz CT molecular complexity index is 679. The van der Waals surface area contributed by atoms with Gasteiger partial charge in [0.1, 0.15) is 5.82 Å². The molecule has 142 valence electrons. The van der Waals surface area contributed by atoms with E-state index in [1.54, 1.807) is 6.92 Å². The van der Waals surface area contributed by atoms with Gasteiger partial charge < -0.3 is 14.4 Å². The molecule has 7 heteroatoms. The van der Waals surface area contributed by atoms with Crippen LogP contribution in [0.1, 0.15) is 69.6 Å². The summed E-state index contributed by atoms with van der Waals surface area (Å²) in [6.45, 7) is 4.56. The molecule has 1 aromatic heterocycles. The second-order valence-electron chi connectivity index (χ2n) is 7.91. The summed E-state index contributed by atoms with van der Waals surface area (Å²) in [5.74, 6) is 2.50. The first kappa shape index (κ1) is 17.5. The summed E-state index contributed by atoms with van der Waals surface area (Å²) in [7, 11) is 0. The minimum Gasteiger partial charge on any atom is -0.341 e. The number of hydrogen-bond acceptors (Lipinski definition) is 4. The summed E-state index contributed by atoms with van der Waals surface area (Å²) in [5.41, 5.74) is 0. The minimum atomic E-state index is 0.0505. The van der Waals surface area contributed by atoms with E-state index in [4.69, 9.17) is 0 Å². The molecule has 1 aliphatic carbocycles. The van der Waals surface area contributed by atoms with Crippen molar-refractivity contribution in [3.05, 3.63) is 11.6 Å². The van der Waals surface area contributed by atoms with Crippen molar-refractivity contribution in [3.8, 4) is 0 Å². The highest BCUT2D eigenvalue weighted by atomic mass is 16.2. The van der Waals surface area contributed by atoms with Crippen LogP contribution in [0.4, 0.5) is 0 Å². The van der Waals surface area contributed by atoms with Crippen LogP contribution in [0.2, 0.25) is 0 Å². The lowest BCUT2D eigenvalue weighted by Gasteiger charge is -2.30. The van der Waals surface area contributed by atoms with Gasteiger partial charge in [0, 0.05) is 45.4 Å². The van der Waals surface area contributed by atoms with E-state index in [1.165, 1.54) is 19.3 Å². The lowest BCUT2D eigenvalue weighted by atomic mass is 9.88. The second-order valence-corrected chi connectivity index (χ2v) is 7.91. The molecular formula is C19H29N5O2. The van der Waals surface area contributed by atoms with Crippen LogP contribution in [0, 0.1) is 5.92 Å². The Balaban J connectivity index is 1.53. The van der Waals surface area contributed by atoms with Crippen molar-refractivity contribution in [1.29, 1.82) is 0 Å². The fraction of sp³-hybridized carbons (Fsp3) is 0.789. The van der Waals surface area contributed by atoms with Crippen molar-refractivity contribution in [1.82, 2.24) is 24.6 Å². The van der Waals surface area contributed by atoms with Crippen molar-refractivity contribution < 1.29 is 9.59 Å². The molecule has 0 aromatic carbocycles. The van der Waals surface area contributed by atoms with E-state index in [9.17, 15) is 9.59 Å². The van der Waals surface area contributed by atoms with E-state index in [-0.39, 0.29) is 17.9 Å². The highest BCUT2D eigenvalue weighted by molar-refractivity contribution is 5.79. The maximum atomic E-state index is 13.1. The molecule has 3 aliphatic rings. The zero-order valence-corrected chi connectivity index (χ0v) is 15.7. The van der Waals surface area contributed by atoms with Gasteiger partial charge in [-0.3, -0.25) is 9.59 Å². The number of rotatable bonds is 2. The largest absolute Gasteiger partial charge is 0.341 e. The molecular weight excluding hydrogens is 330 g/mol. The number of carbonyl (C=O) groups is 2. The Morgan fingerprint density at radius 1 is 0.923 bits per heavy atom. The first-order valence-corrected chi connectivity index (χ1v) is 10.1. The average Bonchev–Trinajstić information content (AvgIpc) is 3.23. The maximum Gasteiger partial charge on any atom is 0.226 e. The van der Waals surface area contributed by atoms with Crippen molar-refractivity contribution >= 4 is 11.8 Å². The molecule has 1 saturated heterocycles. The fourth-order valence-corrected chi connectivity index (χ4v) is 4.79. The molecule has 7 nitrogen and oxygen atoms in total. The van der Waals surface area contributed by atoms with Crippen molar-refractivity contribution in [2.75, 3.05) is 19.6 Å². The third-order valence-electron chi connectivity index (χ3n) is 6.29. The number of aromatic nitrogens is 3. The van der Waals surface area contributed by atoms with Gasteiger partial charge in [0.2, 0.25) is 11.8 Å². The van der Waals surface area contributed by atoms with Crippen molar-refractivity contribution in [3.63, 3.8) is 0 Å². The zero-order chi connectivity index (χ0) is 18.1. The molecule has 1 aromatic rings. The number of fused-ring (bicyclic) bond motifs is 1. The number of likely N-dealkylation sites (tertiary alicyclic amines) is 1. The predicted octanol–water partition coefficient (Wildman–Crippen LogP) is 1.93. The first-order valence-electron chi connectivity index (χ1n) is 10.1. The van der Waals surface area contributed by atoms with Gasteiger partial charge in [-0.1, -0.05) is 19.3 Å². The summed E-state index contributed by atoms with van der Waals surface area (Å²) in [6, 6.07) is 0.0505. The highest BCUT2D eigenvalue weighted by Gasteiger charge is 2.37. The molecule has 0 unspecified atom stereocenters. The normalized spacial score (nSPS) is 24.4. The smallest absolute Gasteiger partial charge is 0.226 e. The number of hydrogen-bond donors (Lipinski definition) is 0. The minimum absolute atomic E-state index is 0.0505. The van der Waals surface area contributed by atoms with E-state index < -0.39 is 0 Å². The van der Waals surface area contributed by atoms with Crippen molar-refractivity contribution in [2.45, 2.75) is 70.9 Å². The molecule has 4 rings (SSSR count). The van der Waals surface area contributed by atoms with Gasteiger partial charge in [0.05, 0.1) is 6.04 Å². The standard InChI is InChI=1S/C19H29N5O2/c1-14(25)22-11-9-17-20-21-18(24(17)13-12-22)16-8-5-10-23(16)19(26)15-6-3-2-4-7-15/h15-16H,2-13H2,1H3/t16-/m0/s1. The van der Waals surface area contributed by atoms with Gasteiger partial charge in [-0.05, 0) is 25.7 Å². The summed E-state index contributed by atoms with van der Waals surface area (Å²) in [4.78, 5) is 28.8. The molecule has 1 saturated carbocycles. The quantitative estimate of drug-likeness (QED) is 0.809. The maximum absolute atomic E-state index is 13.1. The summed E-state index contributed by atoms with van der Waals surface area (Å²) in [6.07, 6.45) is 8.42. The molecule has 2 amide bonds. The molecule has 3 heterocycles. The molecule has 0 spiro atoms. The molecule has 0 N–H and O–H groups in total. The van der Waals surface area contributed by atoms with E-state index in [0.717, 1.165) is 56.8 Å². The topological polar surface area (TPSA) is 71.3 Å². The Hall–Kier alpha value is -1.92. The first-order chi connectivity index (χ1) is 12.6. The van der Waals surface area contributed by atoms with Gasteiger partial charge in [0.15, 0.2) is 5.82 Å². The van der Waals surface area contributed by atoms with Crippen LogP contribution in [-0.2, 0) is 22.6 Å². The Morgan fingerprint density at radius 3 is 2.50 bits per heavy atom. The lowest BCUT2D eigenvalue weighted by Crippen LogP contribution is -2.37. The number of amides is 2. The molecule has 26 heavy (non-hydrogen) atoms. The molecule has 0 radical (unpaired) electrons. The summed E-state index contributed by atoms with van der Waals surface area (Å²) in [5, 5.41) is 8.88. The van der Waals surface area contributed by atoms with Crippen LogP contribution in [0.3, 0.4) is 0 Å². The second kappa shape index (κ2) is 7.37. The van der Waals surface area contributed by atoms with E-state index in [0.29, 0.717) is 19.0 Å². The monoisotopic (exact) mass is 359 g/mol. The predicted molar refractivity (Wildman–Crippen MR) is 96.2 cm³/mol. The van der Waals surface area contributed by atoms with E-state index >= 15 is 0 Å². The summed E-state index contributed by atoms with van der Waals surface area (Å²) < 4.78 is 2.17. The fourth-order valence-electron chi connectivity index (χ4n) is 4.79. The van der Waals surface area contributed by atoms with Gasteiger partial charge in [-0.15, -0.1) is 10.2 Å². The van der Waals surface area contributed by atoms with Crippen LogP contribution in [0.5, 0.6) is 0 Å². The van der Waals surface area contributed by atoms with Gasteiger partial charge in [-0.2, -0.15) is 0 Å². The molecule has 2 aliphatic heterocycles. The Labute approximate surface area is 154 Å². The SMILES string of the molecule is CC(=O)N1CCc2nnc([C@@H]3CCCN3C(=O)C3CCCCC3)n2CC1. The average molecular weight is 359 g/mol. The highest BCUT2D eigenvalue weighted by Crippen LogP contribution is 2.35. The molecule has 1 atom stereocenters. The van der Waals surface area contributed by atoms with Crippen LogP contribution in [0.15, 0.2) is 0 Å². The van der Waals surface area contributed by atoms with E-state index in [2.05, 4.69) is 19.7 Å². The van der Waals surface area contributed by atoms with Crippen LogP contribution in [-0.4, -0.2) is 56.0 Å². The van der Waals surface area contributed by atoms with Gasteiger partial charge >= 0.3 is 0 Å². The van der Waals surface area contributed by atoms with Gasteiger partial charge in [0.25, 0.3) is 0 Å². The van der Waals surface area contributed by atoms with E-state index in [1.807, 2.05) is 4.90 Å².